The Morgan fingerprint density at radius 1 is 1.12 bits per heavy atom. The van der Waals surface area contributed by atoms with Gasteiger partial charge in [0.15, 0.2) is 0 Å². The second-order valence-corrected chi connectivity index (χ2v) is 5.79. The third-order valence-corrected chi connectivity index (χ3v) is 3.77. The van der Waals surface area contributed by atoms with E-state index in [1.54, 1.807) is 12.1 Å². The zero-order valence-corrected chi connectivity index (χ0v) is 14.3. The minimum absolute atomic E-state index is 0.209. The van der Waals surface area contributed by atoms with Crippen molar-refractivity contribution in [2.45, 2.75) is 26.2 Å². The molecule has 0 saturated carbocycles. The second-order valence-electron chi connectivity index (χ2n) is 5.79. The van der Waals surface area contributed by atoms with E-state index < -0.39 is 6.09 Å². The van der Waals surface area contributed by atoms with Crippen molar-refractivity contribution < 1.29 is 18.7 Å². The van der Waals surface area contributed by atoms with Crippen LogP contribution in [0.3, 0.4) is 0 Å². The number of cyclic esters (lactones) is 1. The molecule has 2 amide bonds. The van der Waals surface area contributed by atoms with Crippen molar-refractivity contribution in [1.29, 1.82) is 0 Å². The second kappa shape index (κ2) is 9.57. The standard InChI is InChI=1S/C13H14FNO3.C7H8/c14-11-6-4-10(5-7-11)2-1-3-12(16)15-8-9-18-13(15)17;1-7-5-3-2-4-6-7/h4-7H,1-3,8-9H2;2-6H,1H3. The van der Waals surface area contributed by atoms with Crippen molar-refractivity contribution in [1.82, 2.24) is 4.90 Å². The predicted molar refractivity (Wildman–Crippen MR) is 93.6 cm³/mol. The van der Waals surface area contributed by atoms with Gasteiger partial charge in [-0.3, -0.25) is 4.79 Å². The average Bonchev–Trinajstić information content (AvgIpc) is 3.04. The van der Waals surface area contributed by atoms with Gasteiger partial charge in [-0.15, -0.1) is 0 Å². The van der Waals surface area contributed by atoms with Crippen LogP contribution in [-0.4, -0.2) is 30.1 Å². The molecule has 2 aromatic rings. The lowest BCUT2D eigenvalue weighted by molar-refractivity contribution is -0.127. The molecule has 0 aliphatic carbocycles. The number of hydrogen-bond acceptors (Lipinski definition) is 3. The fourth-order valence-corrected chi connectivity index (χ4v) is 2.38. The van der Waals surface area contributed by atoms with Gasteiger partial charge in [0.25, 0.3) is 0 Å². The maximum absolute atomic E-state index is 12.7. The molecule has 0 spiro atoms. The van der Waals surface area contributed by atoms with Crippen molar-refractivity contribution in [2.24, 2.45) is 0 Å². The van der Waals surface area contributed by atoms with Crippen LogP contribution in [0.2, 0.25) is 0 Å². The highest BCUT2D eigenvalue weighted by molar-refractivity contribution is 5.92. The first-order valence-electron chi connectivity index (χ1n) is 8.29. The minimum atomic E-state index is -0.554. The Bertz CT molecular complexity index is 686. The smallest absolute Gasteiger partial charge is 0.416 e. The summed E-state index contributed by atoms with van der Waals surface area (Å²) in [5.41, 5.74) is 2.30. The number of amides is 2. The molecule has 0 unspecified atom stereocenters. The number of aryl methyl sites for hydroxylation is 2. The molecular weight excluding hydrogens is 321 g/mol. The maximum atomic E-state index is 12.7. The van der Waals surface area contributed by atoms with Gasteiger partial charge in [-0.05, 0) is 37.5 Å². The largest absolute Gasteiger partial charge is 0.447 e. The van der Waals surface area contributed by atoms with Crippen LogP contribution in [0.1, 0.15) is 24.0 Å². The minimum Gasteiger partial charge on any atom is -0.447 e. The number of rotatable bonds is 4. The fourth-order valence-electron chi connectivity index (χ4n) is 2.38. The molecular formula is C20H22FNO3. The molecule has 132 valence electrons. The Balaban J connectivity index is 0.000000269. The van der Waals surface area contributed by atoms with Crippen LogP contribution in [0.4, 0.5) is 9.18 Å². The summed E-state index contributed by atoms with van der Waals surface area (Å²) < 4.78 is 17.4. The quantitative estimate of drug-likeness (QED) is 0.839. The molecule has 1 fully saturated rings. The fraction of sp³-hybridized carbons (Fsp3) is 0.300. The summed E-state index contributed by atoms with van der Waals surface area (Å²) in [7, 11) is 0. The van der Waals surface area contributed by atoms with Crippen LogP contribution in [0, 0.1) is 12.7 Å². The van der Waals surface area contributed by atoms with E-state index in [0.717, 1.165) is 10.5 Å². The van der Waals surface area contributed by atoms with Crippen molar-refractivity contribution >= 4 is 12.0 Å². The van der Waals surface area contributed by atoms with E-state index in [1.807, 2.05) is 18.2 Å². The first kappa shape index (κ1) is 18.6. The summed E-state index contributed by atoms with van der Waals surface area (Å²) in [5.74, 6) is -0.478. The Labute approximate surface area is 147 Å². The van der Waals surface area contributed by atoms with Crippen LogP contribution in [0.15, 0.2) is 54.6 Å². The zero-order chi connectivity index (χ0) is 18.1. The predicted octanol–water partition coefficient (Wildman–Crippen LogP) is 4.12. The van der Waals surface area contributed by atoms with Gasteiger partial charge in [0.05, 0.1) is 6.54 Å². The van der Waals surface area contributed by atoms with Gasteiger partial charge in [-0.2, -0.15) is 0 Å². The van der Waals surface area contributed by atoms with Crippen LogP contribution in [0.25, 0.3) is 0 Å². The number of ether oxygens (including phenoxy) is 1. The first-order valence-corrected chi connectivity index (χ1v) is 8.29. The molecule has 0 bridgehead atoms. The molecule has 1 aliphatic heterocycles. The number of carbonyl (C=O) groups is 2. The van der Waals surface area contributed by atoms with E-state index in [9.17, 15) is 14.0 Å². The molecule has 0 atom stereocenters. The summed E-state index contributed by atoms with van der Waals surface area (Å²) in [6, 6.07) is 16.5. The monoisotopic (exact) mass is 343 g/mol. The number of hydrogen-bond donors (Lipinski definition) is 0. The normalized spacial score (nSPS) is 13.0. The molecule has 2 aromatic carbocycles. The van der Waals surface area contributed by atoms with Crippen LogP contribution in [0.5, 0.6) is 0 Å². The molecule has 1 heterocycles. The number of nitrogens with zero attached hydrogens (tertiary/aromatic N) is 1. The molecule has 5 heteroatoms. The van der Waals surface area contributed by atoms with Crippen molar-refractivity contribution in [3.8, 4) is 0 Å². The van der Waals surface area contributed by atoms with Gasteiger partial charge in [0.1, 0.15) is 12.4 Å². The summed E-state index contributed by atoms with van der Waals surface area (Å²) in [6.45, 7) is 2.71. The molecule has 1 saturated heterocycles. The third-order valence-electron chi connectivity index (χ3n) is 3.77. The Morgan fingerprint density at radius 2 is 1.80 bits per heavy atom. The molecule has 4 nitrogen and oxygen atoms in total. The van der Waals surface area contributed by atoms with Gasteiger partial charge in [0.2, 0.25) is 5.91 Å². The van der Waals surface area contributed by atoms with Crippen molar-refractivity contribution in [2.75, 3.05) is 13.2 Å². The molecule has 3 rings (SSSR count). The van der Waals surface area contributed by atoms with Gasteiger partial charge >= 0.3 is 6.09 Å². The van der Waals surface area contributed by atoms with Gasteiger partial charge in [0, 0.05) is 6.42 Å². The average molecular weight is 343 g/mol. The SMILES string of the molecule is Cc1ccccc1.O=C(CCCc1ccc(F)cc1)N1CCOC1=O. The summed E-state index contributed by atoms with van der Waals surface area (Å²) in [5, 5.41) is 0. The maximum Gasteiger partial charge on any atom is 0.416 e. The van der Waals surface area contributed by atoms with Crippen LogP contribution in [-0.2, 0) is 16.0 Å². The van der Waals surface area contributed by atoms with E-state index in [4.69, 9.17) is 0 Å². The number of imide groups is 1. The van der Waals surface area contributed by atoms with Crippen LogP contribution >= 0.6 is 0 Å². The van der Waals surface area contributed by atoms with Crippen LogP contribution < -0.4 is 0 Å². The van der Waals surface area contributed by atoms with Gasteiger partial charge < -0.3 is 4.74 Å². The summed E-state index contributed by atoms with van der Waals surface area (Å²) >= 11 is 0. The number of carbonyl (C=O) groups excluding carboxylic acids is 2. The van der Waals surface area contributed by atoms with E-state index >= 15 is 0 Å². The molecule has 25 heavy (non-hydrogen) atoms. The Kier molecular flexibility index (Phi) is 7.14. The molecule has 0 aromatic heterocycles. The van der Waals surface area contributed by atoms with Gasteiger partial charge in [-0.1, -0.05) is 48.0 Å². The summed E-state index contributed by atoms with van der Waals surface area (Å²) in [4.78, 5) is 23.9. The first-order chi connectivity index (χ1) is 12.1. The Hall–Kier alpha value is -2.69. The number of benzene rings is 2. The lowest BCUT2D eigenvalue weighted by Crippen LogP contribution is -2.31. The van der Waals surface area contributed by atoms with E-state index in [1.165, 1.54) is 17.7 Å². The number of halogens is 1. The molecule has 0 radical (unpaired) electrons. The highest BCUT2D eigenvalue weighted by Gasteiger charge is 2.27. The van der Waals surface area contributed by atoms with Gasteiger partial charge in [-0.25, -0.2) is 14.1 Å². The third kappa shape index (κ3) is 6.37. The zero-order valence-electron chi connectivity index (χ0n) is 14.3. The Morgan fingerprint density at radius 3 is 2.32 bits per heavy atom. The lowest BCUT2D eigenvalue weighted by Gasteiger charge is -2.10. The van der Waals surface area contributed by atoms with E-state index in [-0.39, 0.29) is 18.3 Å². The lowest BCUT2D eigenvalue weighted by atomic mass is 10.1. The topological polar surface area (TPSA) is 46.6 Å². The van der Waals surface area contributed by atoms with Crippen molar-refractivity contribution in [3.05, 3.63) is 71.5 Å². The highest BCUT2D eigenvalue weighted by atomic mass is 19.1. The molecule has 1 aliphatic rings. The highest BCUT2D eigenvalue weighted by Crippen LogP contribution is 2.10. The van der Waals surface area contributed by atoms with E-state index in [2.05, 4.69) is 23.8 Å². The van der Waals surface area contributed by atoms with E-state index in [0.29, 0.717) is 25.8 Å². The van der Waals surface area contributed by atoms with Crippen molar-refractivity contribution in [3.63, 3.8) is 0 Å². The molecule has 0 N–H and O–H groups in total. The summed E-state index contributed by atoms with van der Waals surface area (Å²) in [6.07, 6.45) is 1.07.